The van der Waals surface area contributed by atoms with Gasteiger partial charge in [-0.05, 0) is 43.4 Å². The van der Waals surface area contributed by atoms with E-state index >= 15 is 0 Å². The average Bonchev–Trinajstić information content (AvgIpc) is 3.08. The molecular formula is C14H21NO2. The molecule has 0 aromatic heterocycles. The predicted octanol–water partition coefficient (Wildman–Crippen LogP) is 2.08. The van der Waals surface area contributed by atoms with E-state index in [4.69, 9.17) is 10.5 Å². The number of hydrogen-bond donors (Lipinski definition) is 2. The highest BCUT2D eigenvalue weighted by Crippen LogP contribution is 2.53. The normalized spacial score (nSPS) is 18.9. The van der Waals surface area contributed by atoms with E-state index in [1.807, 2.05) is 13.8 Å². The van der Waals surface area contributed by atoms with Gasteiger partial charge in [0.1, 0.15) is 5.75 Å². The highest BCUT2D eigenvalue weighted by molar-refractivity contribution is 5.44. The van der Waals surface area contributed by atoms with Crippen molar-refractivity contribution < 1.29 is 9.84 Å². The van der Waals surface area contributed by atoms with Crippen molar-refractivity contribution in [1.29, 1.82) is 0 Å². The third-order valence-corrected chi connectivity index (χ3v) is 3.91. The fourth-order valence-corrected chi connectivity index (χ4v) is 2.57. The predicted molar refractivity (Wildman–Crippen MR) is 68.1 cm³/mol. The zero-order valence-corrected chi connectivity index (χ0v) is 10.8. The maximum absolute atomic E-state index is 9.42. The van der Waals surface area contributed by atoms with E-state index in [2.05, 4.69) is 12.1 Å². The molecule has 3 heteroatoms. The maximum atomic E-state index is 9.42. The molecule has 1 fully saturated rings. The van der Waals surface area contributed by atoms with Gasteiger partial charge in [-0.3, -0.25) is 0 Å². The van der Waals surface area contributed by atoms with Crippen molar-refractivity contribution in [3.63, 3.8) is 0 Å². The van der Waals surface area contributed by atoms with Crippen molar-refractivity contribution in [2.45, 2.75) is 32.7 Å². The molecule has 0 heterocycles. The van der Waals surface area contributed by atoms with Gasteiger partial charge in [-0.25, -0.2) is 0 Å². The Morgan fingerprint density at radius 3 is 2.24 bits per heavy atom. The van der Waals surface area contributed by atoms with E-state index in [1.54, 1.807) is 7.11 Å². The van der Waals surface area contributed by atoms with Gasteiger partial charge in [0, 0.05) is 11.5 Å². The molecule has 2 rings (SSSR count). The highest BCUT2D eigenvalue weighted by atomic mass is 16.5. The fourth-order valence-electron chi connectivity index (χ4n) is 2.57. The van der Waals surface area contributed by atoms with Crippen LogP contribution in [0.5, 0.6) is 5.75 Å². The quantitative estimate of drug-likeness (QED) is 0.840. The summed E-state index contributed by atoms with van der Waals surface area (Å²) in [6.07, 6.45) is 2.05. The number of nitrogens with two attached hydrogens (primary N) is 1. The van der Waals surface area contributed by atoms with E-state index in [1.165, 1.54) is 0 Å². The van der Waals surface area contributed by atoms with Crippen LogP contribution in [0.15, 0.2) is 12.1 Å². The van der Waals surface area contributed by atoms with Crippen molar-refractivity contribution in [2.24, 2.45) is 11.1 Å². The van der Waals surface area contributed by atoms with Gasteiger partial charge in [-0.1, -0.05) is 12.1 Å². The summed E-state index contributed by atoms with van der Waals surface area (Å²) in [7, 11) is 1.69. The van der Waals surface area contributed by atoms with Gasteiger partial charge >= 0.3 is 0 Å². The molecule has 0 saturated heterocycles. The molecular weight excluding hydrogens is 214 g/mol. The summed E-state index contributed by atoms with van der Waals surface area (Å²) in [6.45, 7) is 4.24. The molecule has 17 heavy (non-hydrogen) atoms. The summed E-state index contributed by atoms with van der Waals surface area (Å²) < 4.78 is 5.35. The Morgan fingerprint density at radius 2 is 1.88 bits per heavy atom. The van der Waals surface area contributed by atoms with Crippen LogP contribution in [0.1, 0.15) is 35.6 Å². The summed E-state index contributed by atoms with van der Waals surface area (Å²) in [5, 5.41) is 9.42. The minimum absolute atomic E-state index is 0.0733. The maximum Gasteiger partial charge on any atom is 0.124 e. The second kappa shape index (κ2) is 4.31. The smallest absolute Gasteiger partial charge is 0.124 e. The number of rotatable bonds is 4. The van der Waals surface area contributed by atoms with Crippen LogP contribution < -0.4 is 10.5 Å². The monoisotopic (exact) mass is 235 g/mol. The number of aryl methyl sites for hydroxylation is 2. The molecule has 1 aromatic carbocycles. The van der Waals surface area contributed by atoms with E-state index in [0.29, 0.717) is 0 Å². The second-order valence-electron chi connectivity index (χ2n) is 5.19. The zero-order chi connectivity index (χ0) is 12.6. The van der Waals surface area contributed by atoms with Crippen LogP contribution in [-0.4, -0.2) is 18.8 Å². The molecule has 0 bridgehead atoms. The number of ether oxygens (including phenoxy) is 1. The van der Waals surface area contributed by atoms with Crippen LogP contribution in [-0.2, 0) is 0 Å². The number of methoxy groups -OCH3 is 1. The summed E-state index contributed by atoms with van der Waals surface area (Å²) >= 11 is 0. The Balaban J connectivity index is 2.34. The molecule has 1 aromatic rings. The lowest BCUT2D eigenvalue weighted by atomic mass is 9.89. The van der Waals surface area contributed by atoms with E-state index in [9.17, 15) is 5.11 Å². The van der Waals surface area contributed by atoms with Crippen molar-refractivity contribution in [1.82, 2.24) is 0 Å². The minimum atomic E-state index is -0.0759. The van der Waals surface area contributed by atoms with Crippen molar-refractivity contribution in [3.05, 3.63) is 28.8 Å². The number of aliphatic hydroxyl groups is 1. The first-order chi connectivity index (χ1) is 8.04. The molecule has 1 saturated carbocycles. The van der Waals surface area contributed by atoms with Crippen LogP contribution >= 0.6 is 0 Å². The fraction of sp³-hybridized carbons (Fsp3) is 0.571. The molecule has 1 aliphatic carbocycles. The highest BCUT2D eigenvalue weighted by Gasteiger charge is 2.47. The first kappa shape index (κ1) is 12.4. The molecule has 0 radical (unpaired) electrons. The molecule has 0 spiro atoms. The second-order valence-corrected chi connectivity index (χ2v) is 5.19. The van der Waals surface area contributed by atoms with Crippen LogP contribution in [0, 0.1) is 19.3 Å². The van der Waals surface area contributed by atoms with Gasteiger partial charge in [0.25, 0.3) is 0 Å². The van der Waals surface area contributed by atoms with Crippen molar-refractivity contribution >= 4 is 0 Å². The Morgan fingerprint density at radius 1 is 1.35 bits per heavy atom. The van der Waals surface area contributed by atoms with Crippen LogP contribution in [0.3, 0.4) is 0 Å². The van der Waals surface area contributed by atoms with Gasteiger partial charge in [-0.2, -0.15) is 0 Å². The molecule has 3 nitrogen and oxygen atoms in total. The van der Waals surface area contributed by atoms with Crippen LogP contribution in [0.2, 0.25) is 0 Å². The molecule has 0 aliphatic heterocycles. The van der Waals surface area contributed by atoms with E-state index < -0.39 is 0 Å². The third kappa shape index (κ3) is 2.05. The lowest BCUT2D eigenvalue weighted by Crippen LogP contribution is -2.26. The summed E-state index contributed by atoms with van der Waals surface area (Å²) in [5.41, 5.74) is 9.51. The molecule has 1 aliphatic rings. The standard InChI is InChI=1S/C14H21NO2/c1-9-6-11(7-10(2)12(9)17-3)13(15)14(8-16)4-5-14/h6-7,13,16H,4-5,8,15H2,1-3H3. The SMILES string of the molecule is COc1c(C)cc(C(N)C2(CO)CC2)cc1C. The molecule has 94 valence electrons. The van der Waals surface area contributed by atoms with Gasteiger partial charge in [-0.15, -0.1) is 0 Å². The van der Waals surface area contributed by atoms with Gasteiger partial charge in [0.2, 0.25) is 0 Å². The molecule has 1 unspecified atom stereocenters. The summed E-state index contributed by atoms with van der Waals surface area (Å²) in [4.78, 5) is 0. The zero-order valence-electron chi connectivity index (χ0n) is 10.8. The average molecular weight is 235 g/mol. The summed E-state index contributed by atoms with van der Waals surface area (Å²) in [6, 6.07) is 4.08. The first-order valence-electron chi connectivity index (χ1n) is 6.05. The largest absolute Gasteiger partial charge is 0.496 e. The Bertz CT molecular complexity index is 401. The lowest BCUT2D eigenvalue weighted by Gasteiger charge is -2.23. The Labute approximate surface area is 103 Å². The summed E-state index contributed by atoms with van der Waals surface area (Å²) in [5.74, 6) is 0.926. The van der Waals surface area contributed by atoms with E-state index in [-0.39, 0.29) is 18.1 Å². The number of hydrogen-bond acceptors (Lipinski definition) is 3. The molecule has 1 atom stereocenters. The van der Waals surface area contributed by atoms with Crippen molar-refractivity contribution in [3.8, 4) is 5.75 Å². The first-order valence-corrected chi connectivity index (χ1v) is 6.05. The number of aliphatic hydroxyl groups excluding tert-OH is 1. The van der Waals surface area contributed by atoms with Gasteiger partial charge < -0.3 is 15.6 Å². The van der Waals surface area contributed by atoms with Crippen LogP contribution in [0.4, 0.5) is 0 Å². The van der Waals surface area contributed by atoms with E-state index in [0.717, 1.165) is 35.3 Å². The van der Waals surface area contributed by atoms with Crippen LogP contribution in [0.25, 0.3) is 0 Å². The topological polar surface area (TPSA) is 55.5 Å². The lowest BCUT2D eigenvalue weighted by molar-refractivity contribution is 0.187. The minimum Gasteiger partial charge on any atom is -0.496 e. The van der Waals surface area contributed by atoms with Crippen molar-refractivity contribution in [2.75, 3.05) is 13.7 Å². The Hall–Kier alpha value is -1.06. The number of benzene rings is 1. The third-order valence-electron chi connectivity index (χ3n) is 3.91. The van der Waals surface area contributed by atoms with Gasteiger partial charge in [0.05, 0.1) is 13.7 Å². The molecule has 3 N–H and O–H groups in total. The Kier molecular flexibility index (Phi) is 3.15. The van der Waals surface area contributed by atoms with Gasteiger partial charge in [0.15, 0.2) is 0 Å². The molecule has 0 amide bonds.